The van der Waals surface area contributed by atoms with Crippen molar-refractivity contribution in [2.75, 3.05) is 0 Å². The molecular formula is C17H15F3N4O2. The lowest BCUT2D eigenvalue weighted by Crippen LogP contribution is -2.28. The van der Waals surface area contributed by atoms with Crippen molar-refractivity contribution in [3.63, 3.8) is 0 Å². The van der Waals surface area contributed by atoms with Crippen LogP contribution in [-0.4, -0.2) is 31.5 Å². The second kappa shape index (κ2) is 6.40. The number of fused-ring (bicyclic) bond motifs is 1. The summed E-state index contributed by atoms with van der Waals surface area (Å²) in [6.07, 6.45) is -4.39. The smallest absolute Gasteiger partial charge is 0.339 e. The molecular weight excluding hydrogens is 349 g/mol. The first-order chi connectivity index (χ1) is 12.2. The first kappa shape index (κ1) is 17.8. The van der Waals surface area contributed by atoms with E-state index in [9.17, 15) is 22.8 Å². The minimum atomic E-state index is -4.39. The van der Waals surface area contributed by atoms with Crippen molar-refractivity contribution in [3.8, 4) is 0 Å². The summed E-state index contributed by atoms with van der Waals surface area (Å²) in [5.74, 6) is -0.502. The van der Waals surface area contributed by atoms with Gasteiger partial charge in [0.15, 0.2) is 5.78 Å². The van der Waals surface area contributed by atoms with Crippen LogP contribution in [-0.2, 0) is 13.1 Å². The highest BCUT2D eigenvalue weighted by molar-refractivity contribution is 5.97. The molecule has 0 saturated carbocycles. The molecule has 0 aliphatic heterocycles. The standard InChI is InChI=1S/C17H15F3N4O2/c1-10-7-13(11(2)23(10)9-17(18,19)20)15(25)8-24-16(26)12-5-3-4-6-14(12)21-22-24/h3-7H,8-9H2,1-2H3. The van der Waals surface area contributed by atoms with E-state index in [1.54, 1.807) is 24.3 Å². The maximum atomic E-state index is 12.7. The number of carbonyl (C=O) groups excluding carboxylic acids is 1. The minimum Gasteiger partial charge on any atom is -0.339 e. The number of hydrogen-bond donors (Lipinski definition) is 0. The minimum absolute atomic E-state index is 0.133. The Bertz CT molecular complexity index is 1050. The van der Waals surface area contributed by atoms with Gasteiger partial charge in [-0.2, -0.15) is 13.2 Å². The molecule has 0 bridgehead atoms. The quantitative estimate of drug-likeness (QED) is 0.668. The first-order valence-electron chi connectivity index (χ1n) is 7.76. The molecule has 0 N–H and O–H groups in total. The molecule has 9 heteroatoms. The molecule has 0 radical (unpaired) electrons. The second-order valence-electron chi connectivity index (χ2n) is 5.98. The third kappa shape index (κ3) is 3.37. The summed E-state index contributed by atoms with van der Waals surface area (Å²) in [4.78, 5) is 24.9. The van der Waals surface area contributed by atoms with Crippen LogP contribution >= 0.6 is 0 Å². The number of nitrogens with zero attached hydrogens (tertiary/aromatic N) is 4. The fourth-order valence-electron chi connectivity index (χ4n) is 2.85. The number of Topliss-reactive ketones (excluding diaryl/α,β-unsaturated/α-hetero) is 1. The van der Waals surface area contributed by atoms with Crippen LogP contribution in [0.2, 0.25) is 0 Å². The van der Waals surface area contributed by atoms with E-state index in [1.807, 2.05) is 0 Å². The number of carbonyl (C=O) groups is 1. The van der Waals surface area contributed by atoms with Crippen LogP contribution in [0.25, 0.3) is 10.9 Å². The molecule has 26 heavy (non-hydrogen) atoms. The summed E-state index contributed by atoms with van der Waals surface area (Å²) in [6, 6.07) is 7.97. The van der Waals surface area contributed by atoms with Gasteiger partial charge in [-0.1, -0.05) is 17.3 Å². The van der Waals surface area contributed by atoms with Crippen LogP contribution in [0.15, 0.2) is 35.1 Å². The number of aromatic nitrogens is 4. The number of halogens is 3. The molecule has 136 valence electrons. The van der Waals surface area contributed by atoms with Crippen LogP contribution in [0.5, 0.6) is 0 Å². The van der Waals surface area contributed by atoms with Crippen molar-refractivity contribution in [1.29, 1.82) is 0 Å². The average molecular weight is 364 g/mol. The highest BCUT2D eigenvalue weighted by Gasteiger charge is 2.30. The van der Waals surface area contributed by atoms with Crippen LogP contribution in [0.1, 0.15) is 21.7 Å². The van der Waals surface area contributed by atoms with Gasteiger partial charge in [0.05, 0.1) is 5.39 Å². The molecule has 0 fully saturated rings. The summed E-state index contributed by atoms with van der Waals surface area (Å²) in [7, 11) is 0. The van der Waals surface area contributed by atoms with Gasteiger partial charge in [-0.15, -0.1) is 5.10 Å². The normalized spacial score (nSPS) is 11.9. The van der Waals surface area contributed by atoms with E-state index in [4.69, 9.17) is 0 Å². The monoisotopic (exact) mass is 364 g/mol. The molecule has 2 aromatic heterocycles. The second-order valence-corrected chi connectivity index (χ2v) is 5.98. The Morgan fingerprint density at radius 3 is 2.58 bits per heavy atom. The highest BCUT2D eigenvalue weighted by Crippen LogP contribution is 2.23. The van der Waals surface area contributed by atoms with Crippen molar-refractivity contribution in [1.82, 2.24) is 19.6 Å². The third-order valence-corrected chi connectivity index (χ3v) is 4.13. The number of alkyl halides is 3. The Hall–Kier alpha value is -2.97. The van der Waals surface area contributed by atoms with E-state index in [2.05, 4.69) is 10.3 Å². The van der Waals surface area contributed by atoms with Gasteiger partial charge < -0.3 is 4.57 Å². The van der Waals surface area contributed by atoms with Gasteiger partial charge in [-0.3, -0.25) is 9.59 Å². The Labute approximate surface area is 145 Å². The molecule has 3 aromatic rings. The molecule has 1 aromatic carbocycles. The van der Waals surface area contributed by atoms with Gasteiger partial charge in [-0.05, 0) is 32.0 Å². The molecule has 3 rings (SSSR count). The van der Waals surface area contributed by atoms with E-state index >= 15 is 0 Å². The number of ketones is 1. The average Bonchev–Trinajstić information content (AvgIpc) is 2.84. The molecule has 2 heterocycles. The van der Waals surface area contributed by atoms with Gasteiger partial charge in [0, 0.05) is 17.0 Å². The van der Waals surface area contributed by atoms with Crippen LogP contribution < -0.4 is 5.56 Å². The van der Waals surface area contributed by atoms with E-state index in [1.165, 1.54) is 19.9 Å². The van der Waals surface area contributed by atoms with Crippen LogP contribution in [0, 0.1) is 13.8 Å². The number of rotatable bonds is 4. The number of hydrogen-bond acceptors (Lipinski definition) is 4. The molecule has 0 unspecified atom stereocenters. The maximum Gasteiger partial charge on any atom is 0.406 e. The van der Waals surface area contributed by atoms with Crippen molar-refractivity contribution in [2.24, 2.45) is 0 Å². The number of aryl methyl sites for hydroxylation is 1. The number of benzene rings is 1. The van der Waals surface area contributed by atoms with Gasteiger partial charge in [0.1, 0.15) is 18.6 Å². The molecule has 0 aliphatic rings. The largest absolute Gasteiger partial charge is 0.406 e. The molecule has 0 aliphatic carbocycles. The maximum absolute atomic E-state index is 12.7. The third-order valence-electron chi connectivity index (χ3n) is 4.13. The van der Waals surface area contributed by atoms with Crippen LogP contribution in [0.4, 0.5) is 13.2 Å². The Balaban J connectivity index is 1.93. The zero-order valence-electron chi connectivity index (χ0n) is 14.0. The zero-order chi connectivity index (χ0) is 19.1. The van der Waals surface area contributed by atoms with E-state index in [-0.39, 0.29) is 11.3 Å². The van der Waals surface area contributed by atoms with Crippen molar-refractivity contribution in [3.05, 3.63) is 57.6 Å². The fourth-order valence-corrected chi connectivity index (χ4v) is 2.85. The van der Waals surface area contributed by atoms with Crippen LogP contribution in [0.3, 0.4) is 0 Å². The zero-order valence-corrected chi connectivity index (χ0v) is 14.0. The van der Waals surface area contributed by atoms with Crippen molar-refractivity contribution < 1.29 is 18.0 Å². The summed E-state index contributed by atoms with van der Waals surface area (Å²) in [5.41, 5.74) is 0.581. The van der Waals surface area contributed by atoms with Crippen molar-refractivity contribution in [2.45, 2.75) is 33.1 Å². The Kier molecular flexibility index (Phi) is 4.39. The van der Waals surface area contributed by atoms with Gasteiger partial charge in [0.2, 0.25) is 0 Å². The summed E-state index contributed by atoms with van der Waals surface area (Å²) < 4.78 is 40.0. The lowest BCUT2D eigenvalue weighted by molar-refractivity contribution is -0.141. The van der Waals surface area contributed by atoms with Gasteiger partial charge >= 0.3 is 6.18 Å². The molecule has 0 spiro atoms. The van der Waals surface area contributed by atoms with E-state index < -0.39 is 30.6 Å². The Morgan fingerprint density at radius 2 is 1.88 bits per heavy atom. The lowest BCUT2D eigenvalue weighted by atomic mass is 10.1. The van der Waals surface area contributed by atoms with Gasteiger partial charge in [-0.25, -0.2) is 4.68 Å². The van der Waals surface area contributed by atoms with E-state index in [0.717, 1.165) is 9.25 Å². The summed E-state index contributed by atoms with van der Waals surface area (Å²) in [5, 5.41) is 7.94. The van der Waals surface area contributed by atoms with Gasteiger partial charge in [0.25, 0.3) is 5.56 Å². The molecule has 0 amide bonds. The summed E-state index contributed by atoms with van der Waals surface area (Å²) in [6.45, 7) is 1.37. The Morgan fingerprint density at radius 1 is 1.19 bits per heavy atom. The summed E-state index contributed by atoms with van der Waals surface area (Å²) >= 11 is 0. The highest BCUT2D eigenvalue weighted by atomic mass is 19.4. The van der Waals surface area contributed by atoms with E-state index in [0.29, 0.717) is 16.6 Å². The predicted molar refractivity (Wildman–Crippen MR) is 88.1 cm³/mol. The fraction of sp³-hybridized carbons (Fsp3) is 0.294. The molecule has 0 atom stereocenters. The lowest BCUT2D eigenvalue weighted by Gasteiger charge is -2.12. The molecule has 6 nitrogen and oxygen atoms in total. The topological polar surface area (TPSA) is 69.8 Å². The first-order valence-corrected chi connectivity index (χ1v) is 7.76. The van der Waals surface area contributed by atoms with Crippen molar-refractivity contribution >= 4 is 16.7 Å². The SMILES string of the molecule is Cc1cc(C(=O)Cn2nnc3ccccc3c2=O)c(C)n1CC(F)(F)F. The molecule has 0 saturated heterocycles. The predicted octanol–water partition coefficient (Wildman–Crippen LogP) is 2.66.